The molecule has 220 valence electrons. The Morgan fingerprint density at radius 2 is 1.73 bits per heavy atom. The number of hydrogen-bond donors (Lipinski definition) is 5. The molecule has 3 aliphatic carbocycles. The van der Waals surface area contributed by atoms with E-state index < -0.39 is 74.7 Å². The summed E-state index contributed by atoms with van der Waals surface area (Å²) in [5.41, 5.74) is -1.89. The van der Waals surface area contributed by atoms with E-state index in [2.05, 4.69) is 5.32 Å². The van der Waals surface area contributed by atoms with E-state index in [1.54, 1.807) is 0 Å². The van der Waals surface area contributed by atoms with Crippen molar-refractivity contribution in [1.29, 1.82) is 0 Å². The fourth-order valence-electron chi connectivity index (χ4n) is 5.76. The summed E-state index contributed by atoms with van der Waals surface area (Å²) < 4.78 is 72.9. The number of sulfone groups is 1. The quantitative estimate of drug-likeness (QED) is 0.258. The molecule has 9 nitrogen and oxygen atoms in total. The number of ether oxygens (including phenoxy) is 1. The molecule has 0 heterocycles. The van der Waals surface area contributed by atoms with Gasteiger partial charge in [0.15, 0.2) is 27.3 Å². The van der Waals surface area contributed by atoms with Gasteiger partial charge < -0.3 is 30.5 Å². The second kappa shape index (κ2) is 11.6. The van der Waals surface area contributed by atoms with Crippen LogP contribution in [0.3, 0.4) is 0 Å². The molecule has 1 amide bonds. The zero-order chi connectivity index (χ0) is 29.6. The third-order valence-corrected chi connectivity index (χ3v) is 10.7. The predicted octanol–water partition coefficient (Wildman–Crippen LogP) is 2.29. The van der Waals surface area contributed by atoms with E-state index in [1.165, 1.54) is 12.1 Å². The molecular weight excluding hydrogens is 579 g/mol. The number of carbonyl (C=O) groups is 1. The summed E-state index contributed by atoms with van der Waals surface area (Å²) in [6.45, 7) is 0.693. The first kappa shape index (κ1) is 30.7. The lowest BCUT2D eigenvalue weighted by Crippen LogP contribution is -2.69. The summed E-state index contributed by atoms with van der Waals surface area (Å²) in [6, 6.07) is 4.65. The van der Waals surface area contributed by atoms with Crippen LogP contribution in [0.2, 0.25) is 5.02 Å². The molecule has 3 unspecified atom stereocenters. The predicted molar refractivity (Wildman–Crippen MR) is 137 cm³/mol. The highest BCUT2D eigenvalue weighted by atomic mass is 35.5. The highest BCUT2D eigenvalue weighted by molar-refractivity contribution is 7.92. The van der Waals surface area contributed by atoms with Crippen molar-refractivity contribution < 1.29 is 51.5 Å². The third-order valence-electron chi connectivity index (χ3n) is 8.02. The lowest BCUT2D eigenvalue weighted by atomic mass is 9.48. The van der Waals surface area contributed by atoms with Crippen molar-refractivity contribution in [1.82, 2.24) is 0 Å². The van der Waals surface area contributed by atoms with E-state index in [4.69, 9.17) is 21.4 Å². The second-order valence-corrected chi connectivity index (χ2v) is 13.0. The van der Waals surface area contributed by atoms with Gasteiger partial charge in [-0.1, -0.05) is 18.5 Å². The van der Waals surface area contributed by atoms with Gasteiger partial charge >= 0.3 is 0 Å². The fourth-order valence-corrected chi connectivity index (χ4v) is 8.12. The Morgan fingerprint density at radius 1 is 1.12 bits per heavy atom. The molecule has 2 aromatic carbocycles. The maximum absolute atomic E-state index is 13.6. The van der Waals surface area contributed by atoms with E-state index in [9.17, 15) is 41.7 Å². The molecule has 3 fully saturated rings. The van der Waals surface area contributed by atoms with Crippen molar-refractivity contribution in [2.45, 2.75) is 47.7 Å². The molecule has 0 spiro atoms. The van der Waals surface area contributed by atoms with Crippen LogP contribution in [0.1, 0.15) is 30.1 Å². The molecule has 2 aromatic rings. The number of hydrogen-bond acceptors (Lipinski definition) is 8. The topological polar surface area (TPSA) is 153 Å². The summed E-state index contributed by atoms with van der Waals surface area (Å²) in [4.78, 5) is 12.4. The van der Waals surface area contributed by atoms with Gasteiger partial charge in [-0.2, -0.15) is 0 Å². The van der Waals surface area contributed by atoms with Crippen molar-refractivity contribution in [3.8, 4) is 0 Å². The smallest absolute Gasteiger partial charge is 0.255 e. The molecule has 14 heteroatoms. The average molecular weight is 608 g/mol. The van der Waals surface area contributed by atoms with E-state index >= 15 is 0 Å². The van der Waals surface area contributed by atoms with Crippen LogP contribution in [0, 0.1) is 35.2 Å². The van der Waals surface area contributed by atoms with Crippen LogP contribution in [0.4, 0.5) is 18.9 Å². The first-order valence-corrected chi connectivity index (χ1v) is 14.4. The Balaban J connectivity index is 1.48. The Bertz CT molecular complexity index is 1360. The van der Waals surface area contributed by atoms with Crippen molar-refractivity contribution in [2.24, 2.45) is 17.8 Å². The molecule has 40 heavy (non-hydrogen) atoms. The summed E-state index contributed by atoms with van der Waals surface area (Å²) in [6.07, 6.45) is -2.61. The molecule has 2 bridgehead atoms. The van der Waals surface area contributed by atoms with Crippen molar-refractivity contribution in [3.05, 3.63) is 58.4 Å². The van der Waals surface area contributed by atoms with Gasteiger partial charge in [-0.15, -0.1) is 0 Å². The second-order valence-electron chi connectivity index (χ2n) is 10.4. The molecular formula is C26H29ClF3NO8S. The monoisotopic (exact) mass is 607 g/mol. The number of carbonyl (C=O) groups excluding carboxylic acids is 1. The highest BCUT2D eigenvalue weighted by Gasteiger charge is 2.64. The van der Waals surface area contributed by atoms with E-state index in [0.29, 0.717) is 12.1 Å². The first-order chi connectivity index (χ1) is 18.7. The van der Waals surface area contributed by atoms with Gasteiger partial charge in [-0.05, 0) is 48.8 Å². The fraction of sp³-hybridized carbons (Fsp3) is 0.500. The number of fused-ring (bicyclic) bond motifs is 2. The van der Waals surface area contributed by atoms with Crippen LogP contribution in [0.25, 0.3) is 0 Å². The maximum atomic E-state index is 13.6. The Morgan fingerprint density at radius 3 is 2.30 bits per heavy atom. The summed E-state index contributed by atoms with van der Waals surface area (Å²) in [5.74, 6) is -6.56. The molecule has 0 radical (unpaired) electrons. The summed E-state index contributed by atoms with van der Waals surface area (Å²) in [7, 11) is -4.10. The molecule has 5 N–H and O–H groups in total. The van der Waals surface area contributed by atoms with Gasteiger partial charge in [-0.25, -0.2) is 21.6 Å². The van der Waals surface area contributed by atoms with Crippen LogP contribution in [-0.4, -0.2) is 77.6 Å². The largest absolute Gasteiger partial charge is 0.394 e. The number of amides is 1. The molecule has 3 aliphatic rings. The van der Waals surface area contributed by atoms with Crippen molar-refractivity contribution in [3.63, 3.8) is 0 Å². The van der Waals surface area contributed by atoms with E-state index in [1.807, 2.05) is 6.92 Å². The zero-order valence-corrected chi connectivity index (χ0v) is 22.8. The number of halogens is 4. The minimum Gasteiger partial charge on any atom is -0.394 e. The molecule has 5 rings (SSSR count). The van der Waals surface area contributed by atoms with Crippen LogP contribution >= 0.6 is 11.6 Å². The van der Waals surface area contributed by atoms with E-state index in [0.717, 1.165) is 6.07 Å². The normalized spacial score (nSPS) is 27.5. The van der Waals surface area contributed by atoms with Crippen molar-refractivity contribution >= 4 is 33.0 Å². The number of nitrogens with one attached hydrogen (secondary N) is 1. The van der Waals surface area contributed by atoms with Crippen LogP contribution in [0.15, 0.2) is 35.2 Å². The number of aliphatic hydroxyl groups is 4. The van der Waals surface area contributed by atoms with E-state index in [-0.39, 0.29) is 53.1 Å². The SMILES string of the molecule is C[C@H]1C2CC(S(=O)(=O)c3cc(C(=O)Nc4cc(F)c(F)c(F)c4)ccc3Cl)CC1[C@@]2(O)COC[C@H](O)C(O)CO. The first-order valence-electron chi connectivity index (χ1n) is 12.5. The summed E-state index contributed by atoms with van der Waals surface area (Å²) >= 11 is 6.21. The number of rotatable bonds is 10. The van der Waals surface area contributed by atoms with Crippen LogP contribution in [0.5, 0.6) is 0 Å². The standard InChI is InChI=1S/C26H29ClF3NO8S/c1-12-16-7-15(8-17(12)26(16,36)11-39-10-22(34)21(33)9-32)40(37,38)23-4-13(2-3-18(23)27)25(35)31-14-5-19(28)24(30)20(29)6-14/h2-6,12,15-17,21-22,32-34,36H,7-11H2,1H3,(H,31,35)/t12-,15?,16?,17?,21?,22-,26+/m0/s1. The van der Waals surface area contributed by atoms with Gasteiger partial charge in [0.05, 0.1) is 40.6 Å². The van der Waals surface area contributed by atoms with Gasteiger partial charge in [0.2, 0.25) is 0 Å². The molecule has 3 saturated carbocycles. The molecule has 0 aromatic heterocycles. The minimum atomic E-state index is -4.10. The van der Waals surface area contributed by atoms with Crippen LogP contribution in [-0.2, 0) is 14.6 Å². The number of benzene rings is 2. The average Bonchev–Trinajstić information content (AvgIpc) is 2.91. The Kier molecular flexibility index (Phi) is 8.86. The summed E-state index contributed by atoms with van der Waals surface area (Å²) in [5, 5.41) is 40.5. The van der Waals surface area contributed by atoms with Crippen molar-refractivity contribution in [2.75, 3.05) is 25.1 Å². The lowest BCUT2D eigenvalue weighted by Gasteiger charge is -2.62. The maximum Gasteiger partial charge on any atom is 0.255 e. The molecule has 0 saturated heterocycles. The van der Waals surface area contributed by atoms with Gasteiger partial charge in [0.1, 0.15) is 12.2 Å². The van der Waals surface area contributed by atoms with Gasteiger partial charge in [0, 0.05) is 23.4 Å². The third kappa shape index (κ3) is 5.60. The lowest BCUT2D eigenvalue weighted by molar-refractivity contribution is -0.244. The van der Waals surface area contributed by atoms with Gasteiger partial charge in [-0.3, -0.25) is 4.79 Å². The number of aliphatic hydroxyl groups excluding tert-OH is 3. The molecule has 0 aliphatic heterocycles. The minimum absolute atomic E-state index is 0.0166. The van der Waals surface area contributed by atoms with Gasteiger partial charge in [0.25, 0.3) is 5.91 Å². The highest BCUT2D eigenvalue weighted by Crippen LogP contribution is 2.59. The Labute approximate surface area is 233 Å². The number of anilines is 1. The van der Waals surface area contributed by atoms with Crippen LogP contribution < -0.4 is 5.32 Å². The Hall–Kier alpha value is -2.26. The zero-order valence-electron chi connectivity index (χ0n) is 21.2. The molecule has 4 atom stereocenters.